The van der Waals surface area contributed by atoms with Crippen LogP contribution in [0.5, 0.6) is 0 Å². The van der Waals surface area contributed by atoms with Crippen molar-refractivity contribution in [2.45, 2.75) is 33.8 Å². The molecule has 4 nitrogen and oxygen atoms in total. The summed E-state index contributed by atoms with van der Waals surface area (Å²) in [5.74, 6) is -0.907. The number of ether oxygens (including phenoxy) is 1. The lowest BCUT2D eigenvalue weighted by Gasteiger charge is -2.19. The molecule has 0 aliphatic rings. The van der Waals surface area contributed by atoms with Gasteiger partial charge in [-0.1, -0.05) is 60.2 Å². The molecule has 0 heterocycles. The number of nitrogens with one attached hydrogen (secondary N) is 1. The van der Waals surface area contributed by atoms with Gasteiger partial charge >= 0.3 is 5.97 Å². The Morgan fingerprint density at radius 2 is 1.45 bits per heavy atom. The lowest BCUT2D eigenvalue weighted by atomic mass is 10.0. The Bertz CT molecular complexity index is 1040. The minimum absolute atomic E-state index is 0.386. The molecule has 1 unspecified atom stereocenters. The number of benzene rings is 3. The van der Waals surface area contributed by atoms with E-state index in [1.165, 1.54) is 0 Å². The molecule has 0 aromatic heterocycles. The summed E-state index contributed by atoms with van der Waals surface area (Å²) in [4.78, 5) is 25.9. The minimum Gasteiger partial charge on any atom is -0.444 e. The van der Waals surface area contributed by atoms with E-state index in [4.69, 9.17) is 4.74 Å². The van der Waals surface area contributed by atoms with Crippen LogP contribution in [0, 0.1) is 27.7 Å². The van der Waals surface area contributed by atoms with Gasteiger partial charge in [0, 0.05) is 11.3 Å². The van der Waals surface area contributed by atoms with E-state index >= 15 is 0 Å². The van der Waals surface area contributed by atoms with E-state index in [9.17, 15) is 9.59 Å². The van der Waals surface area contributed by atoms with Crippen molar-refractivity contribution < 1.29 is 14.3 Å². The lowest BCUT2D eigenvalue weighted by Crippen LogP contribution is -2.26. The molecular weight excluding hydrogens is 362 g/mol. The first kappa shape index (κ1) is 20.3. The van der Waals surface area contributed by atoms with E-state index in [0.717, 1.165) is 22.3 Å². The average molecular weight is 387 g/mol. The number of amides is 1. The fourth-order valence-corrected chi connectivity index (χ4v) is 3.18. The van der Waals surface area contributed by atoms with Crippen molar-refractivity contribution in [2.75, 3.05) is 5.32 Å². The van der Waals surface area contributed by atoms with Gasteiger partial charge in [0.1, 0.15) is 0 Å². The van der Waals surface area contributed by atoms with Crippen LogP contribution in [0.1, 0.15) is 44.3 Å². The molecule has 3 aromatic carbocycles. The summed E-state index contributed by atoms with van der Waals surface area (Å²) in [6, 6.07) is 20.4. The molecule has 0 saturated heterocycles. The van der Waals surface area contributed by atoms with E-state index in [0.29, 0.717) is 16.8 Å². The third-order valence-electron chi connectivity index (χ3n) is 4.82. The number of hydrogen-bond acceptors (Lipinski definition) is 3. The van der Waals surface area contributed by atoms with E-state index in [2.05, 4.69) is 5.32 Å². The first-order chi connectivity index (χ1) is 13.8. The third-order valence-corrected chi connectivity index (χ3v) is 4.82. The Balaban J connectivity index is 1.89. The molecule has 3 aromatic rings. The highest BCUT2D eigenvalue weighted by molar-refractivity contribution is 5.99. The molecule has 0 aliphatic carbocycles. The second kappa shape index (κ2) is 8.74. The fraction of sp³-hybridized carbons (Fsp3) is 0.200. The van der Waals surface area contributed by atoms with Crippen molar-refractivity contribution in [1.29, 1.82) is 0 Å². The molecule has 1 atom stereocenters. The smallest absolute Gasteiger partial charge is 0.339 e. The summed E-state index contributed by atoms with van der Waals surface area (Å²) < 4.78 is 5.70. The fourth-order valence-electron chi connectivity index (χ4n) is 3.18. The van der Waals surface area contributed by atoms with Crippen molar-refractivity contribution in [3.8, 4) is 0 Å². The first-order valence-corrected chi connectivity index (χ1v) is 9.56. The van der Waals surface area contributed by atoms with E-state index < -0.39 is 12.1 Å². The van der Waals surface area contributed by atoms with Gasteiger partial charge in [-0.15, -0.1) is 0 Å². The highest BCUT2D eigenvalue weighted by Gasteiger charge is 2.26. The standard InChI is InChI=1S/C25H25NO3/c1-16-11-13-21(19(4)14-16)25(28)29-23(20-8-6-5-7-9-20)24(27)26-22-15-17(2)10-12-18(22)3/h5-15,23H,1-4H3,(H,26,27). The van der Waals surface area contributed by atoms with Crippen molar-refractivity contribution in [3.63, 3.8) is 0 Å². The largest absolute Gasteiger partial charge is 0.444 e. The number of aryl methyl sites for hydroxylation is 4. The maximum atomic E-state index is 13.1. The van der Waals surface area contributed by atoms with Crippen molar-refractivity contribution in [1.82, 2.24) is 0 Å². The zero-order valence-corrected chi connectivity index (χ0v) is 17.2. The summed E-state index contributed by atoms with van der Waals surface area (Å²) in [6.45, 7) is 7.71. The predicted octanol–water partition coefficient (Wildman–Crippen LogP) is 5.46. The molecular formula is C25H25NO3. The Kier molecular flexibility index (Phi) is 6.13. The van der Waals surface area contributed by atoms with Crippen LogP contribution in [-0.4, -0.2) is 11.9 Å². The van der Waals surface area contributed by atoms with Crippen LogP contribution in [0.3, 0.4) is 0 Å². The zero-order valence-electron chi connectivity index (χ0n) is 17.2. The Morgan fingerprint density at radius 3 is 2.14 bits per heavy atom. The molecule has 1 N–H and O–H groups in total. The van der Waals surface area contributed by atoms with Crippen LogP contribution in [0.25, 0.3) is 0 Å². The van der Waals surface area contributed by atoms with Gasteiger partial charge in [-0.3, -0.25) is 4.79 Å². The van der Waals surface area contributed by atoms with Crippen LogP contribution in [-0.2, 0) is 9.53 Å². The summed E-state index contributed by atoms with van der Waals surface area (Å²) >= 11 is 0. The topological polar surface area (TPSA) is 55.4 Å². The van der Waals surface area contributed by atoms with Gasteiger partial charge < -0.3 is 10.1 Å². The number of hydrogen-bond donors (Lipinski definition) is 1. The first-order valence-electron chi connectivity index (χ1n) is 9.56. The Labute approximate surface area is 171 Å². The molecule has 3 rings (SSSR count). The molecule has 0 aliphatic heterocycles. The molecule has 0 radical (unpaired) electrons. The highest BCUT2D eigenvalue weighted by Crippen LogP contribution is 2.24. The molecule has 4 heteroatoms. The quantitative estimate of drug-likeness (QED) is 0.592. The summed E-state index contributed by atoms with van der Waals surface area (Å²) in [7, 11) is 0. The SMILES string of the molecule is Cc1ccc(C(=O)OC(C(=O)Nc2cc(C)ccc2C)c2ccccc2)c(C)c1. The average Bonchev–Trinajstić information content (AvgIpc) is 2.69. The van der Waals surface area contributed by atoms with Crippen LogP contribution < -0.4 is 5.32 Å². The number of carbonyl (C=O) groups is 2. The molecule has 29 heavy (non-hydrogen) atoms. The maximum Gasteiger partial charge on any atom is 0.339 e. The summed E-state index contributed by atoms with van der Waals surface area (Å²) in [6.07, 6.45) is -1.05. The van der Waals surface area contributed by atoms with Crippen LogP contribution in [0.15, 0.2) is 66.7 Å². The summed E-state index contributed by atoms with van der Waals surface area (Å²) in [5.41, 5.74) is 5.64. The molecule has 0 bridgehead atoms. The summed E-state index contributed by atoms with van der Waals surface area (Å²) in [5, 5.41) is 2.91. The van der Waals surface area contributed by atoms with Crippen molar-refractivity contribution in [2.24, 2.45) is 0 Å². The maximum absolute atomic E-state index is 13.1. The van der Waals surface area contributed by atoms with Crippen LogP contribution in [0.4, 0.5) is 5.69 Å². The van der Waals surface area contributed by atoms with E-state index in [1.807, 2.05) is 76.2 Å². The van der Waals surface area contributed by atoms with Gasteiger partial charge in [-0.2, -0.15) is 0 Å². The van der Waals surface area contributed by atoms with Gasteiger partial charge in [0.15, 0.2) is 0 Å². The Morgan fingerprint density at radius 1 is 0.793 bits per heavy atom. The zero-order chi connectivity index (χ0) is 21.0. The number of esters is 1. The molecule has 0 fully saturated rings. The lowest BCUT2D eigenvalue weighted by molar-refractivity contribution is -0.125. The normalized spacial score (nSPS) is 11.6. The number of rotatable bonds is 5. The van der Waals surface area contributed by atoms with Gasteiger partial charge in [-0.25, -0.2) is 4.79 Å². The second-order valence-corrected chi connectivity index (χ2v) is 7.32. The monoisotopic (exact) mass is 387 g/mol. The molecule has 148 valence electrons. The molecule has 0 spiro atoms. The van der Waals surface area contributed by atoms with E-state index in [-0.39, 0.29) is 5.91 Å². The predicted molar refractivity (Wildman–Crippen MR) is 115 cm³/mol. The van der Waals surface area contributed by atoms with Gasteiger partial charge in [0.25, 0.3) is 5.91 Å². The third kappa shape index (κ3) is 4.91. The number of anilines is 1. The van der Waals surface area contributed by atoms with Crippen molar-refractivity contribution in [3.05, 3.63) is 100 Å². The number of carbonyl (C=O) groups excluding carboxylic acids is 2. The van der Waals surface area contributed by atoms with Gasteiger partial charge in [-0.05, 0) is 56.5 Å². The Hall–Kier alpha value is -3.40. The van der Waals surface area contributed by atoms with Crippen molar-refractivity contribution >= 4 is 17.6 Å². The van der Waals surface area contributed by atoms with Gasteiger partial charge in [0.05, 0.1) is 5.56 Å². The van der Waals surface area contributed by atoms with E-state index in [1.54, 1.807) is 18.2 Å². The van der Waals surface area contributed by atoms with Crippen LogP contribution in [0.2, 0.25) is 0 Å². The van der Waals surface area contributed by atoms with Crippen LogP contribution >= 0.6 is 0 Å². The molecule has 1 amide bonds. The van der Waals surface area contributed by atoms with Gasteiger partial charge in [0.2, 0.25) is 6.10 Å². The minimum atomic E-state index is -1.05. The molecule has 0 saturated carbocycles. The second-order valence-electron chi connectivity index (χ2n) is 7.32. The highest BCUT2D eigenvalue weighted by atomic mass is 16.5.